The van der Waals surface area contributed by atoms with Crippen LogP contribution in [0.2, 0.25) is 0 Å². The van der Waals surface area contributed by atoms with Gasteiger partial charge < -0.3 is 4.90 Å². The van der Waals surface area contributed by atoms with Crippen LogP contribution >= 0.6 is 11.3 Å². The highest BCUT2D eigenvalue weighted by atomic mass is 32.1. The number of aryl methyl sites for hydroxylation is 2. The molecule has 3 nitrogen and oxygen atoms in total. The number of hydrogen-bond acceptors (Lipinski definition) is 4. The third-order valence-electron chi connectivity index (χ3n) is 5.15. The molecule has 1 atom stereocenters. The lowest BCUT2D eigenvalue weighted by molar-refractivity contribution is 0.509. The Morgan fingerprint density at radius 1 is 1.09 bits per heavy atom. The molecule has 0 N–H and O–H groups in total. The number of anilines is 1. The standard InChI is InChI=1S/C18H25N3S/c1-12-7-8-14-15(11-12)22-18-16(14)17(19-13(2)20-18)21-9-5-3-4-6-10-21/h12H,3-11H2,1-2H3/t12-/m1/s1. The molecule has 3 heterocycles. The fourth-order valence-corrected chi connectivity index (χ4v) is 5.36. The number of rotatable bonds is 1. The highest BCUT2D eigenvalue weighted by Gasteiger charge is 2.25. The van der Waals surface area contributed by atoms with E-state index in [9.17, 15) is 0 Å². The Morgan fingerprint density at radius 3 is 2.64 bits per heavy atom. The molecule has 0 spiro atoms. The van der Waals surface area contributed by atoms with E-state index in [1.165, 1.54) is 61.0 Å². The molecule has 22 heavy (non-hydrogen) atoms. The molecule has 4 rings (SSSR count). The van der Waals surface area contributed by atoms with E-state index >= 15 is 0 Å². The van der Waals surface area contributed by atoms with Crippen molar-refractivity contribution in [1.82, 2.24) is 9.97 Å². The summed E-state index contributed by atoms with van der Waals surface area (Å²) in [5.74, 6) is 2.98. The first-order valence-electron chi connectivity index (χ1n) is 8.76. The third-order valence-corrected chi connectivity index (χ3v) is 6.30. The zero-order valence-corrected chi connectivity index (χ0v) is 14.5. The Morgan fingerprint density at radius 2 is 1.86 bits per heavy atom. The molecule has 2 aromatic heterocycles. The Labute approximate surface area is 136 Å². The SMILES string of the molecule is Cc1nc(N2CCCCCC2)c2c3c(sc2n1)C[C@H](C)CC3. The number of nitrogens with zero attached hydrogens (tertiary/aromatic N) is 3. The zero-order chi connectivity index (χ0) is 15.1. The Bertz CT molecular complexity index is 683. The molecule has 0 amide bonds. The van der Waals surface area contributed by atoms with Gasteiger partial charge in [-0.2, -0.15) is 0 Å². The van der Waals surface area contributed by atoms with Crippen LogP contribution in [0, 0.1) is 12.8 Å². The molecule has 0 radical (unpaired) electrons. The quantitative estimate of drug-likeness (QED) is 0.775. The predicted molar refractivity (Wildman–Crippen MR) is 94.0 cm³/mol. The van der Waals surface area contributed by atoms with Crippen molar-refractivity contribution in [2.24, 2.45) is 5.92 Å². The second kappa shape index (κ2) is 5.80. The minimum atomic E-state index is 0.816. The van der Waals surface area contributed by atoms with Gasteiger partial charge in [-0.15, -0.1) is 11.3 Å². The van der Waals surface area contributed by atoms with Gasteiger partial charge in [0.1, 0.15) is 16.5 Å². The van der Waals surface area contributed by atoms with Crippen LogP contribution in [0.5, 0.6) is 0 Å². The monoisotopic (exact) mass is 315 g/mol. The largest absolute Gasteiger partial charge is 0.356 e. The van der Waals surface area contributed by atoms with Crippen molar-refractivity contribution in [3.63, 3.8) is 0 Å². The molecule has 1 aliphatic heterocycles. The third kappa shape index (κ3) is 2.51. The van der Waals surface area contributed by atoms with E-state index in [2.05, 4.69) is 11.8 Å². The fourth-order valence-electron chi connectivity index (χ4n) is 3.94. The molecule has 0 unspecified atom stereocenters. The van der Waals surface area contributed by atoms with E-state index in [1.54, 1.807) is 10.4 Å². The van der Waals surface area contributed by atoms with Crippen LogP contribution in [0.4, 0.5) is 5.82 Å². The van der Waals surface area contributed by atoms with Crippen LogP contribution in [0.1, 0.15) is 55.3 Å². The van der Waals surface area contributed by atoms with Gasteiger partial charge in [0.2, 0.25) is 0 Å². The number of fused-ring (bicyclic) bond motifs is 3. The van der Waals surface area contributed by atoms with Gasteiger partial charge in [-0.1, -0.05) is 19.8 Å². The Balaban J connectivity index is 1.85. The van der Waals surface area contributed by atoms with Gasteiger partial charge in [0.15, 0.2) is 0 Å². The lowest BCUT2D eigenvalue weighted by Crippen LogP contribution is -2.25. The first kappa shape index (κ1) is 14.4. The minimum Gasteiger partial charge on any atom is -0.356 e. The Kier molecular flexibility index (Phi) is 3.81. The van der Waals surface area contributed by atoms with Crippen LogP contribution in [0.3, 0.4) is 0 Å². The molecular formula is C18H25N3S. The van der Waals surface area contributed by atoms with Gasteiger partial charge in [0.05, 0.1) is 5.39 Å². The molecule has 1 aliphatic carbocycles. The first-order valence-corrected chi connectivity index (χ1v) is 9.58. The summed E-state index contributed by atoms with van der Waals surface area (Å²) in [5.41, 5.74) is 1.57. The summed E-state index contributed by atoms with van der Waals surface area (Å²) in [7, 11) is 0. The molecule has 4 heteroatoms. The van der Waals surface area contributed by atoms with Crippen LogP contribution in [0.25, 0.3) is 10.2 Å². The van der Waals surface area contributed by atoms with Gasteiger partial charge >= 0.3 is 0 Å². The summed E-state index contributed by atoms with van der Waals surface area (Å²) in [5, 5.41) is 1.39. The van der Waals surface area contributed by atoms with Gasteiger partial charge in [0.25, 0.3) is 0 Å². The normalized spacial score (nSPS) is 22.6. The van der Waals surface area contributed by atoms with E-state index in [-0.39, 0.29) is 0 Å². The van der Waals surface area contributed by atoms with Crippen LogP contribution in [-0.4, -0.2) is 23.1 Å². The van der Waals surface area contributed by atoms with Gasteiger partial charge in [-0.05, 0) is 50.5 Å². The summed E-state index contributed by atoms with van der Waals surface area (Å²) in [6.45, 7) is 6.74. The molecule has 2 aliphatic rings. The van der Waals surface area contributed by atoms with Crippen molar-refractivity contribution < 1.29 is 0 Å². The molecular weight excluding hydrogens is 290 g/mol. The molecule has 1 fully saturated rings. The van der Waals surface area contributed by atoms with E-state index in [4.69, 9.17) is 9.97 Å². The van der Waals surface area contributed by atoms with Crippen LogP contribution in [0.15, 0.2) is 0 Å². The molecule has 1 saturated heterocycles. The Hall–Kier alpha value is -1.16. The number of aromatic nitrogens is 2. The van der Waals surface area contributed by atoms with Crippen LogP contribution < -0.4 is 4.90 Å². The fraction of sp³-hybridized carbons (Fsp3) is 0.667. The topological polar surface area (TPSA) is 29.0 Å². The average Bonchev–Trinajstić information content (AvgIpc) is 2.68. The number of thiophene rings is 1. The molecule has 118 valence electrons. The number of hydrogen-bond donors (Lipinski definition) is 0. The van der Waals surface area contributed by atoms with Gasteiger partial charge in [-0.3, -0.25) is 0 Å². The highest BCUT2D eigenvalue weighted by Crippen LogP contribution is 2.41. The maximum Gasteiger partial charge on any atom is 0.141 e. The van der Waals surface area contributed by atoms with Crippen molar-refractivity contribution in [1.29, 1.82) is 0 Å². The maximum atomic E-state index is 4.89. The lowest BCUT2D eigenvalue weighted by Gasteiger charge is -2.24. The molecule has 2 aromatic rings. The van der Waals surface area contributed by atoms with Crippen molar-refractivity contribution in [2.45, 2.75) is 58.8 Å². The summed E-state index contributed by atoms with van der Waals surface area (Å²) in [6.07, 6.45) is 9.08. The summed E-state index contributed by atoms with van der Waals surface area (Å²) < 4.78 is 0. The van der Waals surface area contributed by atoms with Gasteiger partial charge in [-0.25, -0.2) is 9.97 Å². The average molecular weight is 315 g/mol. The van der Waals surface area contributed by atoms with E-state index in [0.29, 0.717) is 0 Å². The van der Waals surface area contributed by atoms with E-state index in [0.717, 1.165) is 24.8 Å². The van der Waals surface area contributed by atoms with Crippen molar-refractivity contribution in [2.75, 3.05) is 18.0 Å². The van der Waals surface area contributed by atoms with Gasteiger partial charge in [0, 0.05) is 18.0 Å². The molecule has 0 aromatic carbocycles. The lowest BCUT2D eigenvalue weighted by atomic mass is 9.89. The minimum absolute atomic E-state index is 0.816. The zero-order valence-electron chi connectivity index (χ0n) is 13.7. The molecule has 0 saturated carbocycles. The van der Waals surface area contributed by atoms with Crippen LogP contribution in [-0.2, 0) is 12.8 Å². The summed E-state index contributed by atoms with van der Waals surface area (Å²) in [4.78, 5) is 15.0. The van der Waals surface area contributed by atoms with E-state index in [1.807, 2.05) is 18.3 Å². The first-order chi connectivity index (χ1) is 10.7. The highest BCUT2D eigenvalue weighted by molar-refractivity contribution is 7.19. The van der Waals surface area contributed by atoms with Crippen molar-refractivity contribution in [3.8, 4) is 0 Å². The second-order valence-corrected chi connectivity index (χ2v) is 8.11. The maximum absolute atomic E-state index is 4.89. The van der Waals surface area contributed by atoms with Crippen molar-refractivity contribution in [3.05, 3.63) is 16.3 Å². The smallest absolute Gasteiger partial charge is 0.141 e. The summed E-state index contributed by atoms with van der Waals surface area (Å²) >= 11 is 1.92. The van der Waals surface area contributed by atoms with E-state index < -0.39 is 0 Å². The van der Waals surface area contributed by atoms with Crippen molar-refractivity contribution >= 4 is 27.4 Å². The predicted octanol–water partition coefficient (Wildman–Crippen LogP) is 4.50. The second-order valence-electron chi connectivity index (χ2n) is 7.03. The molecule has 0 bridgehead atoms. The summed E-state index contributed by atoms with van der Waals surface area (Å²) in [6, 6.07) is 0.